The van der Waals surface area contributed by atoms with E-state index in [1.807, 2.05) is 0 Å². The van der Waals surface area contributed by atoms with Crippen molar-refractivity contribution in [3.63, 3.8) is 0 Å². The summed E-state index contributed by atoms with van der Waals surface area (Å²) in [6, 6.07) is 0. The second-order valence-electron chi connectivity index (χ2n) is 1.36. The average Bonchev–Trinajstić information content (AvgIpc) is 2.06. The molecule has 2 nitrogen and oxygen atoms in total. The minimum atomic E-state index is -1.18. The van der Waals surface area contributed by atoms with E-state index in [0.29, 0.717) is 0 Å². The lowest BCUT2D eigenvalue weighted by Gasteiger charge is -1.80. The Labute approximate surface area is 36.3 Å². The highest BCUT2D eigenvalue weighted by atomic mass is 16.4. The molecule has 0 saturated heterocycles. The average molecular weight is 83.9 g/mol. The van der Waals surface area contributed by atoms with E-state index in [4.69, 9.17) is 10.0 Å². The first-order valence-corrected chi connectivity index (χ1v) is 1.86. The van der Waals surface area contributed by atoms with Crippen LogP contribution in [0.4, 0.5) is 0 Å². The topological polar surface area (TPSA) is 40.5 Å². The molecule has 32 valence electrons. The van der Waals surface area contributed by atoms with Crippen LogP contribution in [0.5, 0.6) is 0 Å². The smallest absolute Gasteiger partial charge is 0.423 e. The molecule has 0 aromatic carbocycles. The van der Waals surface area contributed by atoms with Crippen LogP contribution in [0.15, 0.2) is 11.5 Å². The van der Waals surface area contributed by atoms with E-state index in [-0.39, 0.29) is 0 Å². The Morgan fingerprint density at radius 2 is 2.17 bits per heavy atom. The molecule has 0 amide bonds. The molecule has 6 heavy (non-hydrogen) atoms. The summed E-state index contributed by atoms with van der Waals surface area (Å²) in [6.07, 6.45) is 2.57. The van der Waals surface area contributed by atoms with Crippen molar-refractivity contribution < 1.29 is 10.0 Å². The first kappa shape index (κ1) is 3.90. The predicted molar refractivity (Wildman–Crippen MR) is 22.9 cm³/mol. The summed E-state index contributed by atoms with van der Waals surface area (Å²) in [7, 11) is -1.18. The third kappa shape index (κ3) is 0.612. The second-order valence-corrected chi connectivity index (χ2v) is 1.36. The highest BCUT2D eigenvalue weighted by Crippen LogP contribution is 2.17. The second kappa shape index (κ2) is 1.10. The van der Waals surface area contributed by atoms with Crippen LogP contribution in [0.25, 0.3) is 0 Å². The van der Waals surface area contributed by atoms with Gasteiger partial charge in [-0.1, -0.05) is 6.08 Å². The van der Waals surface area contributed by atoms with Crippen LogP contribution in [0.2, 0.25) is 0 Å². The molecule has 3 heteroatoms. The highest BCUT2D eigenvalue weighted by Gasteiger charge is 2.20. The lowest BCUT2D eigenvalue weighted by molar-refractivity contribution is 0.421. The Hall–Kier alpha value is -0.275. The summed E-state index contributed by atoms with van der Waals surface area (Å²) >= 11 is 0. The molecule has 0 aromatic heterocycles. The molecular formula is C3H5BO2. The first-order chi connectivity index (χ1) is 2.80. The van der Waals surface area contributed by atoms with E-state index in [1.54, 1.807) is 6.08 Å². The Morgan fingerprint density at radius 3 is 2.17 bits per heavy atom. The van der Waals surface area contributed by atoms with E-state index in [1.165, 1.54) is 0 Å². The van der Waals surface area contributed by atoms with E-state index in [0.717, 1.165) is 11.9 Å². The molecule has 1 aliphatic carbocycles. The minimum Gasteiger partial charge on any atom is -0.423 e. The number of hydrogen-bond donors (Lipinski definition) is 2. The maximum absolute atomic E-state index is 8.18. The Balaban J connectivity index is 2.31. The van der Waals surface area contributed by atoms with Crippen molar-refractivity contribution >= 4 is 7.12 Å². The van der Waals surface area contributed by atoms with Crippen LogP contribution >= 0.6 is 0 Å². The van der Waals surface area contributed by atoms with E-state index in [2.05, 4.69) is 0 Å². The third-order valence-electron chi connectivity index (χ3n) is 0.771. The fourth-order valence-electron chi connectivity index (χ4n) is 0.270. The molecule has 0 fully saturated rings. The van der Waals surface area contributed by atoms with Crippen LogP contribution in [0.3, 0.4) is 0 Å². The molecule has 0 heterocycles. The van der Waals surface area contributed by atoms with Crippen LogP contribution in [-0.4, -0.2) is 17.2 Å². The summed E-state index contributed by atoms with van der Waals surface area (Å²) in [5, 5.41) is 16.4. The number of hydrogen-bond acceptors (Lipinski definition) is 2. The van der Waals surface area contributed by atoms with Gasteiger partial charge in [0.1, 0.15) is 0 Å². The van der Waals surface area contributed by atoms with Crippen LogP contribution in [0.1, 0.15) is 6.42 Å². The van der Waals surface area contributed by atoms with Crippen molar-refractivity contribution in [3.8, 4) is 0 Å². The van der Waals surface area contributed by atoms with Gasteiger partial charge in [0.05, 0.1) is 0 Å². The quantitative estimate of drug-likeness (QED) is 0.413. The zero-order valence-corrected chi connectivity index (χ0v) is 3.26. The highest BCUT2D eigenvalue weighted by molar-refractivity contribution is 6.52. The Kier molecular flexibility index (Phi) is 0.714. The molecule has 0 aromatic rings. The standard InChI is InChI=1S/C3H5BO2/c5-4(6)3-1-2-3/h1,5-6H,2H2. The largest absolute Gasteiger partial charge is 0.484 e. The van der Waals surface area contributed by atoms with Crippen LogP contribution in [-0.2, 0) is 0 Å². The van der Waals surface area contributed by atoms with E-state index in [9.17, 15) is 0 Å². The predicted octanol–water partition coefficient (Wildman–Crippen LogP) is -0.671. The molecular weight excluding hydrogens is 78.8 g/mol. The van der Waals surface area contributed by atoms with E-state index >= 15 is 0 Å². The first-order valence-electron chi connectivity index (χ1n) is 1.86. The van der Waals surface area contributed by atoms with E-state index < -0.39 is 7.12 Å². The summed E-state index contributed by atoms with van der Waals surface area (Å²) in [6.45, 7) is 0. The van der Waals surface area contributed by atoms with Gasteiger partial charge >= 0.3 is 7.12 Å². The van der Waals surface area contributed by atoms with Crippen molar-refractivity contribution in [2.45, 2.75) is 6.42 Å². The molecule has 0 unspecified atom stereocenters. The van der Waals surface area contributed by atoms with Gasteiger partial charge in [-0.3, -0.25) is 0 Å². The summed E-state index contributed by atoms with van der Waals surface area (Å²) in [5.41, 5.74) is 0.745. The molecule has 1 aliphatic rings. The van der Waals surface area contributed by atoms with Crippen molar-refractivity contribution in [1.82, 2.24) is 0 Å². The van der Waals surface area contributed by atoms with Crippen molar-refractivity contribution in [2.75, 3.05) is 0 Å². The molecule has 2 N–H and O–H groups in total. The summed E-state index contributed by atoms with van der Waals surface area (Å²) in [5.74, 6) is 0. The van der Waals surface area contributed by atoms with Gasteiger partial charge in [0.25, 0.3) is 0 Å². The van der Waals surface area contributed by atoms with Crippen LogP contribution in [0, 0.1) is 0 Å². The van der Waals surface area contributed by atoms with Gasteiger partial charge in [-0.2, -0.15) is 0 Å². The Bertz CT molecular complexity index is 86.8. The SMILES string of the molecule is OB(O)C1=CC1. The maximum atomic E-state index is 8.18. The maximum Gasteiger partial charge on any atom is 0.484 e. The summed E-state index contributed by atoms with van der Waals surface area (Å²) in [4.78, 5) is 0. The van der Waals surface area contributed by atoms with Crippen molar-refractivity contribution in [2.24, 2.45) is 0 Å². The van der Waals surface area contributed by atoms with Gasteiger partial charge in [0.15, 0.2) is 0 Å². The molecule has 0 atom stereocenters. The molecule has 0 aliphatic heterocycles. The van der Waals surface area contributed by atoms with Gasteiger partial charge in [-0.25, -0.2) is 0 Å². The lowest BCUT2D eigenvalue weighted by atomic mass is 9.87. The molecule has 0 saturated carbocycles. The van der Waals surface area contributed by atoms with Crippen molar-refractivity contribution in [3.05, 3.63) is 11.5 Å². The van der Waals surface area contributed by atoms with Crippen LogP contribution < -0.4 is 0 Å². The summed E-state index contributed by atoms with van der Waals surface area (Å²) < 4.78 is 0. The minimum absolute atomic E-state index is 0.745. The monoisotopic (exact) mass is 84.0 g/mol. The van der Waals surface area contributed by atoms with Gasteiger partial charge < -0.3 is 10.0 Å². The fraction of sp³-hybridized carbons (Fsp3) is 0.333. The van der Waals surface area contributed by atoms with Gasteiger partial charge in [0, 0.05) is 0 Å². The number of allylic oxidation sites excluding steroid dienone is 2. The van der Waals surface area contributed by atoms with Crippen molar-refractivity contribution in [1.29, 1.82) is 0 Å². The molecule has 0 bridgehead atoms. The third-order valence-corrected chi connectivity index (χ3v) is 0.771. The van der Waals surface area contributed by atoms with Gasteiger partial charge in [-0.15, -0.1) is 0 Å². The lowest BCUT2D eigenvalue weighted by Crippen LogP contribution is -2.07. The fourth-order valence-corrected chi connectivity index (χ4v) is 0.270. The molecule has 0 spiro atoms. The molecule has 0 radical (unpaired) electrons. The molecule has 1 rings (SSSR count). The Morgan fingerprint density at radius 1 is 1.67 bits per heavy atom. The zero-order chi connectivity index (χ0) is 4.57. The van der Waals surface area contributed by atoms with Gasteiger partial charge in [0.2, 0.25) is 0 Å². The number of rotatable bonds is 1. The zero-order valence-electron chi connectivity index (χ0n) is 3.26. The van der Waals surface area contributed by atoms with Gasteiger partial charge in [-0.05, 0) is 11.9 Å². The normalized spacial score (nSPS) is 16.7.